The van der Waals surface area contributed by atoms with Gasteiger partial charge >= 0.3 is 0 Å². The zero-order valence-electron chi connectivity index (χ0n) is 7.97. The van der Waals surface area contributed by atoms with Gasteiger partial charge in [-0.05, 0) is 17.7 Å². The van der Waals surface area contributed by atoms with E-state index in [1.807, 2.05) is 0 Å². The zero-order chi connectivity index (χ0) is 10.8. The zero-order valence-corrected chi connectivity index (χ0v) is 8.79. The van der Waals surface area contributed by atoms with Gasteiger partial charge in [0, 0.05) is 18.0 Å². The van der Waals surface area contributed by atoms with Crippen molar-refractivity contribution in [1.82, 2.24) is 0 Å². The maximum Gasteiger partial charge on any atom is 0.149 e. The van der Waals surface area contributed by atoms with Gasteiger partial charge in [0.25, 0.3) is 0 Å². The molecule has 4 nitrogen and oxygen atoms in total. The summed E-state index contributed by atoms with van der Waals surface area (Å²) in [7, 11) is -3.05. The molecule has 0 aromatic heterocycles. The lowest BCUT2D eigenvalue weighted by atomic mass is 10.1. The molecule has 5 heteroatoms. The highest BCUT2D eigenvalue weighted by molar-refractivity contribution is 7.90. The van der Waals surface area contributed by atoms with E-state index in [2.05, 4.69) is 0 Å². The highest BCUT2D eigenvalue weighted by atomic mass is 32.2. The Labute approximate surface area is 83.8 Å². The fourth-order valence-electron chi connectivity index (χ4n) is 1.21. The van der Waals surface area contributed by atoms with Gasteiger partial charge in [-0.25, -0.2) is 8.42 Å². The molecule has 0 bridgehead atoms. The quantitative estimate of drug-likeness (QED) is 0.709. The van der Waals surface area contributed by atoms with Crippen LogP contribution >= 0.6 is 0 Å². The molecule has 14 heavy (non-hydrogen) atoms. The summed E-state index contributed by atoms with van der Waals surface area (Å²) in [6.45, 7) is 0. The molecule has 1 unspecified atom stereocenters. The molecule has 0 heterocycles. The number of nitrogen functional groups attached to an aromatic ring is 1. The van der Waals surface area contributed by atoms with Gasteiger partial charge in [-0.2, -0.15) is 0 Å². The number of benzene rings is 1. The van der Waals surface area contributed by atoms with E-state index in [9.17, 15) is 8.42 Å². The Kier molecular flexibility index (Phi) is 3.13. The molecule has 0 aliphatic rings. The van der Waals surface area contributed by atoms with Crippen LogP contribution in [-0.4, -0.2) is 20.4 Å². The summed E-state index contributed by atoms with van der Waals surface area (Å²) in [6.07, 6.45) is 1.17. The van der Waals surface area contributed by atoms with Crippen molar-refractivity contribution in [1.29, 1.82) is 0 Å². The molecule has 0 radical (unpaired) electrons. The highest BCUT2D eigenvalue weighted by Crippen LogP contribution is 2.14. The van der Waals surface area contributed by atoms with Crippen LogP contribution in [0.15, 0.2) is 24.3 Å². The molecular weight excluding hydrogens is 200 g/mol. The molecule has 1 aromatic carbocycles. The van der Waals surface area contributed by atoms with Crippen LogP contribution in [0.4, 0.5) is 5.69 Å². The molecule has 0 aliphatic heterocycles. The Hall–Kier alpha value is -1.07. The van der Waals surface area contributed by atoms with E-state index in [4.69, 9.17) is 11.5 Å². The molecule has 1 rings (SSSR count). The van der Waals surface area contributed by atoms with Crippen molar-refractivity contribution in [3.63, 3.8) is 0 Å². The molecule has 0 spiro atoms. The Morgan fingerprint density at radius 3 is 2.57 bits per heavy atom. The average molecular weight is 214 g/mol. The van der Waals surface area contributed by atoms with Crippen LogP contribution in [0.5, 0.6) is 0 Å². The van der Waals surface area contributed by atoms with Crippen molar-refractivity contribution in [2.45, 2.75) is 6.04 Å². The lowest BCUT2D eigenvalue weighted by molar-refractivity contribution is 0.595. The van der Waals surface area contributed by atoms with Crippen LogP contribution < -0.4 is 11.5 Å². The van der Waals surface area contributed by atoms with Crippen LogP contribution in [0.3, 0.4) is 0 Å². The fourth-order valence-corrected chi connectivity index (χ4v) is 2.06. The molecule has 0 saturated heterocycles. The van der Waals surface area contributed by atoms with Crippen molar-refractivity contribution < 1.29 is 8.42 Å². The average Bonchev–Trinajstić information content (AvgIpc) is 2.01. The number of nitrogens with two attached hydrogens (primary N) is 2. The molecule has 0 aliphatic carbocycles. The predicted octanol–water partition coefficient (Wildman–Crippen LogP) is 0.313. The molecule has 1 aromatic rings. The first-order valence-corrected chi connectivity index (χ1v) is 6.23. The Balaban J connectivity index is 2.85. The monoisotopic (exact) mass is 214 g/mol. The summed E-state index contributed by atoms with van der Waals surface area (Å²) < 4.78 is 22.0. The summed E-state index contributed by atoms with van der Waals surface area (Å²) in [5.41, 5.74) is 12.6. The third kappa shape index (κ3) is 3.35. The third-order valence-corrected chi connectivity index (χ3v) is 2.79. The molecule has 0 amide bonds. The van der Waals surface area contributed by atoms with Gasteiger partial charge < -0.3 is 11.5 Å². The molecule has 0 saturated carbocycles. The molecular formula is C9H14N2O2S. The first kappa shape index (κ1) is 11.0. The number of hydrogen-bond donors (Lipinski definition) is 2. The topological polar surface area (TPSA) is 86.2 Å². The van der Waals surface area contributed by atoms with Crippen molar-refractivity contribution in [2.75, 3.05) is 17.7 Å². The summed E-state index contributed by atoms with van der Waals surface area (Å²) >= 11 is 0. The van der Waals surface area contributed by atoms with E-state index in [-0.39, 0.29) is 5.75 Å². The SMILES string of the molecule is CS(=O)(=O)CC(N)c1cccc(N)c1. The van der Waals surface area contributed by atoms with Crippen molar-refractivity contribution in [2.24, 2.45) is 5.73 Å². The first-order valence-electron chi connectivity index (χ1n) is 4.17. The van der Waals surface area contributed by atoms with Crippen LogP contribution in [0.25, 0.3) is 0 Å². The van der Waals surface area contributed by atoms with Gasteiger partial charge in [-0.3, -0.25) is 0 Å². The van der Waals surface area contributed by atoms with E-state index in [0.717, 1.165) is 5.56 Å². The third-order valence-electron chi connectivity index (χ3n) is 1.82. The van der Waals surface area contributed by atoms with E-state index in [0.29, 0.717) is 5.69 Å². The second-order valence-corrected chi connectivity index (χ2v) is 5.55. The Morgan fingerprint density at radius 1 is 1.43 bits per heavy atom. The lowest BCUT2D eigenvalue weighted by Gasteiger charge is -2.10. The van der Waals surface area contributed by atoms with Crippen LogP contribution in [0.1, 0.15) is 11.6 Å². The number of rotatable bonds is 3. The number of anilines is 1. The van der Waals surface area contributed by atoms with Gasteiger partial charge in [0.2, 0.25) is 0 Å². The van der Waals surface area contributed by atoms with Crippen LogP contribution in [0, 0.1) is 0 Å². The van der Waals surface area contributed by atoms with Crippen molar-refractivity contribution in [3.8, 4) is 0 Å². The highest BCUT2D eigenvalue weighted by Gasteiger charge is 2.12. The van der Waals surface area contributed by atoms with E-state index in [1.54, 1.807) is 24.3 Å². The molecule has 78 valence electrons. The Morgan fingerprint density at radius 2 is 2.07 bits per heavy atom. The van der Waals surface area contributed by atoms with Gasteiger partial charge in [-0.1, -0.05) is 12.1 Å². The maximum absolute atomic E-state index is 11.0. The molecule has 0 fully saturated rings. The molecule has 1 atom stereocenters. The second-order valence-electron chi connectivity index (χ2n) is 3.37. The van der Waals surface area contributed by atoms with Crippen LogP contribution in [0.2, 0.25) is 0 Å². The fraction of sp³-hybridized carbons (Fsp3) is 0.333. The Bertz CT molecular complexity index is 415. The van der Waals surface area contributed by atoms with Crippen molar-refractivity contribution >= 4 is 15.5 Å². The predicted molar refractivity (Wildman–Crippen MR) is 57.5 cm³/mol. The smallest absolute Gasteiger partial charge is 0.149 e. The normalized spacial score (nSPS) is 13.9. The maximum atomic E-state index is 11.0. The van der Waals surface area contributed by atoms with Crippen LogP contribution in [-0.2, 0) is 9.84 Å². The second kappa shape index (κ2) is 3.98. The van der Waals surface area contributed by atoms with Gasteiger partial charge in [0.15, 0.2) is 0 Å². The summed E-state index contributed by atoms with van der Waals surface area (Å²) in [6, 6.07) is 6.44. The van der Waals surface area contributed by atoms with E-state index < -0.39 is 15.9 Å². The summed E-state index contributed by atoms with van der Waals surface area (Å²) in [5.74, 6) is -0.0591. The van der Waals surface area contributed by atoms with E-state index >= 15 is 0 Å². The minimum absolute atomic E-state index is 0.0591. The standard InChI is InChI=1S/C9H14N2O2S/c1-14(12,13)6-9(11)7-3-2-4-8(10)5-7/h2-5,9H,6,10-11H2,1H3. The van der Waals surface area contributed by atoms with Gasteiger partial charge in [-0.15, -0.1) is 0 Å². The number of hydrogen-bond acceptors (Lipinski definition) is 4. The summed E-state index contributed by atoms with van der Waals surface area (Å²) in [5, 5.41) is 0. The molecule has 4 N–H and O–H groups in total. The first-order chi connectivity index (χ1) is 6.38. The minimum atomic E-state index is -3.05. The van der Waals surface area contributed by atoms with Gasteiger partial charge in [0.05, 0.1) is 5.75 Å². The largest absolute Gasteiger partial charge is 0.399 e. The summed E-state index contributed by atoms with van der Waals surface area (Å²) in [4.78, 5) is 0. The number of sulfone groups is 1. The van der Waals surface area contributed by atoms with Gasteiger partial charge in [0.1, 0.15) is 9.84 Å². The minimum Gasteiger partial charge on any atom is -0.399 e. The van der Waals surface area contributed by atoms with Crippen molar-refractivity contribution in [3.05, 3.63) is 29.8 Å². The van der Waals surface area contributed by atoms with E-state index in [1.165, 1.54) is 6.26 Å². The lowest BCUT2D eigenvalue weighted by Crippen LogP contribution is -2.20.